The highest BCUT2D eigenvalue weighted by Crippen LogP contribution is 2.32. The van der Waals surface area contributed by atoms with Gasteiger partial charge >= 0.3 is 6.03 Å². The molecule has 8 nitrogen and oxygen atoms in total. The summed E-state index contributed by atoms with van der Waals surface area (Å²) in [5, 5.41) is 29.5. The van der Waals surface area contributed by atoms with Crippen molar-refractivity contribution < 1.29 is 29.7 Å². The zero-order chi connectivity index (χ0) is 10.5. The molecule has 2 heterocycles. The van der Waals surface area contributed by atoms with Crippen molar-refractivity contribution in [2.45, 2.75) is 17.9 Å². The van der Waals surface area contributed by atoms with Gasteiger partial charge in [-0.2, -0.15) is 5.06 Å². The third-order valence-electron chi connectivity index (χ3n) is 2.29. The van der Waals surface area contributed by atoms with Crippen molar-refractivity contribution in [3.05, 3.63) is 0 Å². The molecule has 0 aromatic heterocycles. The number of rotatable bonds is 0. The molecule has 0 aromatic rings. The molecule has 3 atom stereocenters. The normalized spacial score (nSPS) is 42.4. The topological polar surface area (TPSA) is 119 Å². The third kappa shape index (κ3) is 0.852. The van der Waals surface area contributed by atoms with E-state index in [1.807, 2.05) is 0 Å². The quantitative estimate of drug-likeness (QED) is 0.253. The minimum Gasteiger partial charge on any atom is -0.388 e. The van der Waals surface area contributed by atoms with Crippen molar-refractivity contribution in [3.8, 4) is 0 Å². The zero-order valence-corrected chi connectivity index (χ0v) is 6.88. The number of carbonyl (C=O) groups is 2. The zero-order valence-electron chi connectivity index (χ0n) is 6.88. The van der Waals surface area contributed by atoms with Crippen LogP contribution < -0.4 is 5.32 Å². The minimum absolute atomic E-state index is 0.0454. The molecule has 4 N–H and O–H groups in total. The summed E-state index contributed by atoms with van der Waals surface area (Å²) in [7, 11) is 0. The standard InChI is InChI=1S/C6H8N2O6/c9-2-1-14-6(3(2)10)4(11)7-5(12)8(6)13/h2-3,9-10,13H,1H2,(H,7,11,12)/t2-,3-,6+/m1/s1. The van der Waals surface area contributed by atoms with Crippen molar-refractivity contribution in [3.63, 3.8) is 0 Å². The molecular weight excluding hydrogens is 196 g/mol. The molecule has 0 saturated carbocycles. The summed E-state index contributed by atoms with van der Waals surface area (Å²) in [5.74, 6) is -0.992. The van der Waals surface area contributed by atoms with E-state index in [0.29, 0.717) is 0 Å². The summed E-state index contributed by atoms with van der Waals surface area (Å²) in [6, 6.07) is -1.09. The summed E-state index contributed by atoms with van der Waals surface area (Å²) in [6.45, 7) is -0.334. The molecule has 0 aliphatic carbocycles. The second-order valence-corrected chi connectivity index (χ2v) is 3.09. The van der Waals surface area contributed by atoms with Gasteiger partial charge in [-0.15, -0.1) is 0 Å². The van der Waals surface area contributed by atoms with E-state index in [2.05, 4.69) is 0 Å². The second kappa shape index (κ2) is 2.64. The van der Waals surface area contributed by atoms with Crippen LogP contribution in [0.1, 0.15) is 0 Å². The maximum Gasteiger partial charge on any atom is 0.351 e. The molecule has 8 heteroatoms. The Morgan fingerprint density at radius 3 is 2.50 bits per heavy atom. The molecule has 0 radical (unpaired) electrons. The highest BCUT2D eigenvalue weighted by Gasteiger charge is 2.65. The molecule has 2 rings (SSSR count). The number of aliphatic hydroxyl groups excluding tert-OH is 2. The van der Waals surface area contributed by atoms with Gasteiger partial charge in [0, 0.05) is 0 Å². The third-order valence-corrected chi connectivity index (χ3v) is 2.29. The van der Waals surface area contributed by atoms with Crippen molar-refractivity contribution in [1.29, 1.82) is 0 Å². The first-order valence-electron chi connectivity index (χ1n) is 3.84. The number of urea groups is 1. The van der Waals surface area contributed by atoms with E-state index >= 15 is 0 Å². The highest BCUT2D eigenvalue weighted by atomic mass is 16.6. The van der Waals surface area contributed by atoms with E-state index in [-0.39, 0.29) is 11.7 Å². The Morgan fingerprint density at radius 1 is 1.50 bits per heavy atom. The van der Waals surface area contributed by atoms with Crippen LogP contribution >= 0.6 is 0 Å². The highest BCUT2D eigenvalue weighted by molar-refractivity contribution is 6.06. The van der Waals surface area contributed by atoms with Gasteiger partial charge in [-0.3, -0.25) is 15.3 Å². The molecule has 2 fully saturated rings. The predicted molar refractivity (Wildman–Crippen MR) is 37.9 cm³/mol. The van der Waals surface area contributed by atoms with Gasteiger partial charge in [0.05, 0.1) is 6.61 Å². The number of carbonyl (C=O) groups excluding carboxylic acids is 2. The van der Waals surface area contributed by atoms with Crippen molar-refractivity contribution in [1.82, 2.24) is 10.4 Å². The van der Waals surface area contributed by atoms with Crippen LogP contribution in [-0.2, 0) is 9.53 Å². The van der Waals surface area contributed by atoms with Crippen LogP contribution in [-0.4, -0.2) is 57.0 Å². The Labute approximate surface area is 77.6 Å². The van der Waals surface area contributed by atoms with Crippen LogP contribution in [0.25, 0.3) is 0 Å². The Hall–Kier alpha value is -1.22. The van der Waals surface area contributed by atoms with E-state index in [1.54, 1.807) is 5.32 Å². The summed E-state index contributed by atoms with van der Waals surface area (Å²) in [4.78, 5) is 22.1. The van der Waals surface area contributed by atoms with Gasteiger partial charge in [0.25, 0.3) is 11.6 Å². The fourth-order valence-electron chi connectivity index (χ4n) is 1.52. The number of amides is 3. The van der Waals surface area contributed by atoms with Crippen LogP contribution in [0.3, 0.4) is 0 Å². The summed E-state index contributed by atoms with van der Waals surface area (Å²) >= 11 is 0. The molecule has 14 heavy (non-hydrogen) atoms. The predicted octanol–water partition coefficient (Wildman–Crippen LogP) is -2.62. The van der Waals surface area contributed by atoms with Crippen LogP contribution in [0.4, 0.5) is 4.79 Å². The first kappa shape index (κ1) is 9.34. The van der Waals surface area contributed by atoms with Crippen molar-refractivity contribution >= 4 is 11.9 Å². The molecular formula is C6H8N2O6. The fourth-order valence-corrected chi connectivity index (χ4v) is 1.52. The van der Waals surface area contributed by atoms with E-state index in [1.165, 1.54) is 0 Å². The van der Waals surface area contributed by atoms with Gasteiger partial charge in [-0.05, 0) is 0 Å². The minimum atomic E-state index is -2.20. The largest absolute Gasteiger partial charge is 0.388 e. The number of hydrogen-bond donors (Lipinski definition) is 4. The van der Waals surface area contributed by atoms with Gasteiger partial charge in [0.1, 0.15) is 12.2 Å². The van der Waals surface area contributed by atoms with Crippen LogP contribution in [0.15, 0.2) is 0 Å². The number of imide groups is 1. The summed E-state index contributed by atoms with van der Waals surface area (Å²) < 4.78 is 4.76. The van der Waals surface area contributed by atoms with Gasteiger partial charge < -0.3 is 14.9 Å². The number of nitrogens with zero attached hydrogens (tertiary/aromatic N) is 1. The monoisotopic (exact) mass is 204 g/mol. The number of hydrogen-bond acceptors (Lipinski definition) is 6. The Bertz CT molecular complexity index is 307. The Kier molecular flexibility index (Phi) is 1.76. The number of hydroxylamine groups is 2. The molecule has 3 amide bonds. The smallest absolute Gasteiger partial charge is 0.351 e. The van der Waals surface area contributed by atoms with Gasteiger partial charge in [-0.25, -0.2) is 4.79 Å². The molecule has 0 bridgehead atoms. The van der Waals surface area contributed by atoms with E-state index in [0.717, 1.165) is 0 Å². The van der Waals surface area contributed by atoms with Gasteiger partial charge in [0.15, 0.2) is 0 Å². The van der Waals surface area contributed by atoms with Crippen LogP contribution in [0.2, 0.25) is 0 Å². The second-order valence-electron chi connectivity index (χ2n) is 3.09. The van der Waals surface area contributed by atoms with Gasteiger partial charge in [0.2, 0.25) is 0 Å². The van der Waals surface area contributed by atoms with E-state index in [4.69, 9.17) is 9.84 Å². The Balaban J connectivity index is 2.40. The van der Waals surface area contributed by atoms with Crippen molar-refractivity contribution in [2.24, 2.45) is 0 Å². The maximum atomic E-state index is 11.2. The average molecular weight is 204 g/mol. The lowest BCUT2D eigenvalue weighted by Gasteiger charge is -2.27. The lowest BCUT2D eigenvalue weighted by Crippen LogP contribution is -2.57. The molecule has 1 spiro atoms. The van der Waals surface area contributed by atoms with Gasteiger partial charge in [-0.1, -0.05) is 0 Å². The summed E-state index contributed by atoms with van der Waals surface area (Å²) in [6.07, 6.45) is -2.99. The molecule has 2 saturated heterocycles. The number of aliphatic hydroxyl groups is 2. The lowest BCUT2D eigenvalue weighted by atomic mass is 10.1. The van der Waals surface area contributed by atoms with Crippen LogP contribution in [0.5, 0.6) is 0 Å². The maximum absolute atomic E-state index is 11.2. The average Bonchev–Trinajstić information content (AvgIpc) is 2.53. The van der Waals surface area contributed by atoms with E-state index in [9.17, 15) is 19.9 Å². The SMILES string of the molecule is O=C1NC(=O)[C@]2(OC[C@@H](O)[C@H]2O)N1O. The number of nitrogens with one attached hydrogen (secondary N) is 1. The first-order chi connectivity index (χ1) is 6.50. The van der Waals surface area contributed by atoms with Crippen LogP contribution in [0, 0.1) is 0 Å². The molecule has 2 aliphatic rings. The fraction of sp³-hybridized carbons (Fsp3) is 0.667. The lowest BCUT2D eigenvalue weighted by molar-refractivity contribution is -0.233. The van der Waals surface area contributed by atoms with Crippen molar-refractivity contribution in [2.75, 3.05) is 6.61 Å². The molecule has 0 aromatic carbocycles. The molecule has 78 valence electrons. The molecule has 2 aliphatic heterocycles. The first-order valence-corrected chi connectivity index (χ1v) is 3.84. The molecule has 0 unspecified atom stereocenters. The van der Waals surface area contributed by atoms with E-state index < -0.39 is 29.9 Å². The Morgan fingerprint density at radius 2 is 2.14 bits per heavy atom. The number of ether oxygens (including phenoxy) is 1. The summed E-state index contributed by atoms with van der Waals surface area (Å²) in [5.41, 5.74) is -2.20.